The van der Waals surface area contributed by atoms with Crippen LogP contribution in [0.15, 0.2) is 48.5 Å². The third-order valence-electron chi connectivity index (χ3n) is 3.28. The molecule has 0 radical (unpaired) electrons. The zero-order chi connectivity index (χ0) is 16.8. The summed E-state index contributed by atoms with van der Waals surface area (Å²) < 4.78 is 12.1. The number of fused-ring (bicyclic) bond motifs is 1. The van der Waals surface area contributed by atoms with Crippen molar-refractivity contribution < 1.29 is 14.3 Å². The third kappa shape index (κ3) is 4.02. The molecule has 1 heterocycles. The van der Waals surface area contributed by atoms with Gasteiger partial charge in [-0.3, -0.25) is 4.79 Å². The molecule has 0 spiro atoms. The molecule has 5 nitrogen and oxygen atoms in total. The summed E-state index contributed by atoms with van der Waals surface area (Å²) in [5.41, 5.74) is 0.952. The topological polar surface area (TPSA) is 60.5 Å². The number of thiazole rings is 1. The number of aromatic nitrogens is 1. The lowest BCUT2D eigenvalue weighted by Gasteiger charge is -2.11. The monoisotopic (exact) mass is 342 g/mol. The van der Waals surface area contributed by atoms with Gasteiger partial charge in [-0.1, -0.05) is 24.3 Å². The van der Waals surface area contributed by atoms with Crippen LogP contribution in [0.1, 0.15) is 11.9 Å². The van der Waals surface area contributed by atoms with Gasteiger partial charge in [0, 0.05) is 0 Å². The minimum Gasteiger partial charge on any atom is -0.490 e. The normalized spacial score (nSPS) is 10.5. The number of carbonyl (C=O) groups is 1. The van der Waals surface area contributed by atoms with Crippen LogP contribution >= 0.6 is 11.3 Å². The highest BCUT2D eigenvalue weighted by molar-refractivity contribution is 7.18. The van der Waals surface area contributed by atoms with E-state index in [0.29, 0.717) is 24.7 Å². The first-order valence-corrected chi connectivity index (χ1v) is 8.53. The Morgan fingerprint density at radius 1 is 1.08 bits per heavy atom. The number of hydrogen-bond donors (Lipinski definition) is 1. The van der Waals surface area contributed by atoms with E-state index in [0.717, 1.165) is 15.2 Å². The Bertz CT molecular complexity index is 799. The lowest BCUT2D eigenvalue weighted by Crippen LogP contribution is -2.28. The van der Waals surface area contributed by atoms with Crippen LogP contribution in [-0.4, -0.2) is 24.1 Å². The Hall–Kier alpha value is -2.60. The first-order valence-electron chi connectivity index (χ1n) is 7.72. The fourth-order valence-corrected chi connectivity index (χ4v) is 3.12. The lowest BCUT2D eigenvalue weighted by atomic mass is 10.3. The highest BCUT2D eigenvalue weighted by atomic mass is 32.1. The predicted molar refractivity (Wildman–Crippen MR) is 94.6 cm³/mol. The van der Waals surface area contributed by atoms with Gasteiger partial charge in [0.2, 0.25) is 0 Å². The van der Waals surface area contributed by atoms with Gasteiger partial charge in [0.15, 0.2) is 18.1 Å². The molecule has 0 aliphatic carbocycles. The Morgan fingerprint density at radius 2 is 1.79 bits per heavy atom. The summed E-state index contributed by atoms with van der Waals surface area (Å²) in [5, 5.41) is 3.70. The quantitative estimate of drug-likeness (QED) is 0.715. The molecule has 3 aromatic rings. The van der Waals surface area contributed by atoms with E-state index in [-0.39, 0.29) is 12.5 Å². The molecule has 0 saturated carbocycles. The van der Waals surface area contributed by atoms with E-state index in [1.807, 2.05) is 49.4 Å². The fraction of sp³-hybridized carbons (Fsp3) is 0.222. The van der Waals surface area contributed by atoms with Gasteiger partial charge in [-0.2, -0.15) is 0 Å². The maximum atomic E-state index is 12.0. The summed E-state index contributed by atoms with van der Waals surface area (Å²) in [6.07, 6.45) is 0. The number of para-hydroxylation sites is 3. The molecule has 1 amide bonds. The highest BCUT2D eigenvalue weighted by Gasteiger charge is 2.09. The Labute approximate surface area is 144 Å². The van der Waals surface area contributed by atoms with Crippen molar-refractivity contribution in [2.24, 2.45) is 0 Å². The van der Waals surface area contributed by atoms with Crippen LogP contribution in [-0.2, 0) is 11.3 Å². The molecule has 0 saturated heterocycles. The first kappa shape index (κ1) is 16.3. The predicted octanol–water partition coefficient (Wildman–Crippen LogP) is 3.39. The van der Waals surface area contributed by atoms with Crippen molar-refractivity contribution in [1.82, 2.24) is 10.3 Å². The smallest absolute Gasteiger partial charge is 0.258 e. The molecule has 24 heavy (non-hydrogen) atoms. The Balaban J connectivity index is 1.52. The second kappa shape index (κ2) is 7.79. The minimum absolute atomic E-state index is 0.0605. The van der Waals surface area contributed by atoms with Crippen LogP contribution in [0, 0.1) is 0 Å². The SMILES string of the molecule is CCOc1ccccc1OCC(=O)NCc1nc2ccccc2s1. The summed E-state index contributed by atoms with van der Waals surface area (Å²) in [5.74, 6) is 1.01. The van der Waals surface area contributed by atoms with Crippen LogP contribution in [0.25, 0.3) is 10.2 Å². The zero-order valence-electron chi connectivity index (χ0n) is 13.3. The number of carbonyl (C=O) groups excluding carboxylic acids is 1. The van der Waals surface area contributed by atoms with E-state index in [1.165, 1.54) is 0 Å². The molecule has 0 bridgehead atoms. The van der Waals surface area contributed by atoms with Gasteiger partial charge >= 0.3 is 0 Å². The second-order valence-electron chi connectivity index (χ2n) is 5.02. The van der Waals surface area contributed by atoms with Crippen molar-refractivity contribution in [3.63, 3.8) is 0 Å². The molecule has 0 aliphatic rings. The van der Waals surface area contributed by atoms with Gasteiger partial charge in [0.1, 0.15) is 5.01 Å². The Kier molecular flexibility index (Phi) is 5.28. The molecule has 0 atom stereocenters. The zero-order valence-corrected chi connectivity index (χ0v) is 14.1. The molecule has 0 aliphatic heterocycles. The highest BCUT2D eigenvalue weighted by Crippen LogP contribution is 2.26. The lowest BCUT2D eigenvalue weighted by molar-refractivity contribution is -0.123. The van der Waals surface area contributed by atoms with Gasteiger partial charge in [-0.25, -0.2) is 4.98 Å². The molecule has 1 N–H and O–H groups in total. The van der Waals surface area contributed by atoms with Crippen LogP contribution < -0.4 is 14.8 Å². The van der Waals surface area contributed by atoms with Gasteiger partial charge in [0.25, 0.3) is 5.91 Å². The maximum absolute atomic E-state index is 12.0. The van der Waals surface area contributed by atoms with Crippen LogP contribution in [0.4, 0.5) is 0 Å². The average molecular weight is 342 g/mol. The fourth-order valence-electron chi connectivity index (χ4n) is 2.21. The number of amides is 1. The van der Waals surface area contributed by atoms with Gasteiger partial charge in [-0.15, -0.1) is 11.3 Å². The number of nitrogens with zero attached hydrogens (tertiary/aromatic N) is 1. The molecular weight excluding hydrogens is 324 g/mol. The number of hydrogen-bond acceptors (Lipinski definition) is 5. The number of ether oxygens (including phenoxy) is 2. The molecular formula is C18H18N2O3S. The van der Waals surface area contributed by atoms with Crippen LogP contribution in [0.5, 0.6) is 11.5 Å². The van der Waals surface area contributed by atoms with Gasteiger partial charge < -0.3 is 14.8 Å². The summed E-state index contributed by atoms with van der Waals surface area (Å²) in [6, 6.07) is 15.2. The number of nitrogens with one attached hydrogen (secondary N) is 1. The van der Waals surface area contributed by atoms with E-state index >= 15 is 0 Å². The van der Waals surface area contributed by atoms with Crippen molar-refractivity contribution in [2.45, 2.75) is 13.5 Å². The molecule has 6 heteroatoms. The first-order chi connectivity index (χ1) is 11.8. The van der Waals surface area contributed by atoms with Crippen molar-refractivity contribution in [3.05, 3.63) is 53.5 Å². The molecule has 3 rings (SSSR count). The van der Waals surface area contributed by atoms with E-state index in [1.54, 1.807) is 17.4 Å². The van der Waals surface area contributed by atoms with Gasteiger partial charge in [0.05, 0.1) is 23.4 Å². The Morgan fingerprint density at radius 3 is 2.54 bits per heavy atom. The van der Waals surface area contributed by atoms with Crippen molar-refractivity contribution in [2.75, 3.05) is 13.2 Å². The van der Waals surface area contributed by atoms with Crippen molar-refractivity contribution in [3.8, 4) is 11.5 Å². The number of benzene rings is 2. The molecule has 0 unspecified atom stereocenters. The van der Waals surface area contributed by atoms with Crippen molar-refractivity contribution >= 4 is 27.5 Å². The summed E-state index contributed by atoms with van der Waals surface area (Å²) in [7, 11) is 0. The number of rotatable bonds is 7. The van der Waals surface area contributed by atoms with Crippen LogP contribution in [0.2, 0.25) is 0 Å². The minimum atomic E-state index is -0.194. The molecule has 2 aromatic carbocycles. The van der Waals surface area contributed by atoms with E-state index in [9.17, 15) is 4.79 Å². The van der Waals surface area contributed by atoms with Gasteiger partial charge in [-0.05, 0) is 31.2 Å². The standard InChI is InChI=1S/C18H18N2O3S/c1-2-22-14-8-4-5-9-15(14)23-12-17(21)19-11-18-20-13-7-3-6-10-16(13)24-18/h3-10H,2,11-12H2,1H3,(H,19,21). The summed E-state index contributed by atoms with van der Waals surface area (Å²) in [4.78, 5) is 16.5. The largest absolute Gasteiger partial charge is 0.490 e. The van der Waals surface area contributed by atoms with Crippen molar-refractivity contribution in [1.29, 1.82) is 0 Å². The molecule has 0 fully saturated rings. The summed E-state index contributed by atoms with van der Waals surface area (Å²) >= 11 is 1.58. The average Bonchev–Trinajstić information content (AvgIpc) is 3.02. The molecule has 124 valence electrons. The van der Waals surface area contributed by atoms with E-state index < -0.39 is 0 Å². The second-order valence-corrected chi connectivity index (χ2v) is 6.14. The molecule has 1 aromatic heterocycles. The third-order valence-corrected chi connectivity index (χ3v) is 4.32. The summed E-state index contributed by atoms with van der Waals surface area (Å²) in [6.45, 7) is 2.79. The maximum Gasteiger partial charge on any atom is 0.258 e. The van der Waals surface area contributed by atoms with Crippen LogP contribution in [0.3, 0.4) is 0 Å². The van der Waals surface area contributed by atoms with E-state index in [4.69, 9.17) is 9.47 Å². The van der Waals surface area contributed by atoms with E-state index in [2.05, 4.69) is 10.3 Å².